The van der Waals surface area contributed by atoms with Crippen LogP contribution in [0.1, 0.15) is 12.8 Å². The monoisotopic (exact) mass is 258 g/mol. The molecule has 98 valence electrons. The van der Waals surface area contributed by atoms with Crippen molar-refractivity contribution in [1.29, 1.82) is 0 Å². The lowest BCUT2D eigenvalue weighted by Crippen LogP contribution is -2.31. The van der Waals surface area contributed by atoms with Gasteiger partial charge in [0.05, 0.1) is 11.4 Å². The van der Waals surface area contributed by atoms with Crippen LogP contribution in [-0.2, 0) is 4.79 Å². The lowest BCUT2D eigenvalue weighted by Gasteiger charge is -2.21. The Bertz CT molecular complexity index is 439. The van der Waals surface area contributed by atoms with E-state index in [0.29, 0.717) is 5.69 Å². The van der Waals surface area contributed by atoms with E-state index in [1.54, 1.807) is 18.2 Å². The predicted molar refractivity (Wildman–Crippen MR) is 62.6 cm³/mol. The molecule has 0 aromatic heterocycles. The summed E-state index contributed by atoms with van der Waals surface area (Å²) in [5, 5.41) is 1.92. The Labute approximate surface area is 103 Å². The Kier molecular flexibility index (Phi) is 3.45. The van der Waals surface area contributed by atoms with E-state index in [0.717, 1.165) is 25.9 Å². The minimum Gasteiger partial charge on any atom is -0.370 e. The Hall–Kier alpha value is -1.72. The quantitative estimate of drug-likeness (QED) is 0.884. The zero-order chi connectivity index (χ0) is 13.2. The summed E-state index contributed by atoms with van der Waals surface area (Å²) in [6.07, 6.45) is -2.83. The van der Waals surface area contributed by atoms with Crippen molar-refractivity contribution < 1.29 is 18.0 Å². The molecule has 1 aliphatic heterocycles. The van der Waals surface area contributed by atoms with E-state index >= 15 is 0 Å². The van der Waals surface area contributed by atoms with Crippen molar-refractivity contribution >= 4 is 17.3 Å². The Morgan fingerprint density at radius 3 is 2.39 bits per heavy atom. The van der Waals surface area contributed by atoms with Crippen molar-refractivity contribution in [2.45, 2.75) is 19.0 Å². The number of nitrogens with zero attached hydrogens (tertiary/aromatic N) is 1. The minimum absolute atomic E-state index is 0.210. The standard InChI is InChI=1S/C12H13F3N2O/c13-12(14,15)11(18)16-9-5-1-2-6-10(9)17-7-3-4-8-17/h1-2,5-6H,3-4,7-8H2,(H,16,18). The number of hydrogen-bond donors (Lipinski definition) is 1. The molecule has 1 heterocycles. The Morgan fingerprint density at radius 2 is 1.78 bits per heavy atom. The van der Waals surface area contributed by atoms with Crippen molar-refractivity contribution in [3.8, 4) is 0 Å². The van der Waals surface area contributed by atoms with Gasteiger partial charge in [0.25, 0.3) is 0 Å². The molecule has 0 spiro atoms. The summed E-state index contributed by atoms with van der Waals surface area (Å²) in [5.41, 5.74) is 0.856. The highest BCUT2D eigenvalue weighted by molar-refractivity contribution is 5.97. The van der Waals surface area contributed by atoms with E-state index in [4.69, 9.17) is 0 Å². The zero-order valence-electron chi connectivity index (χ0n) is 9.63. The molecule has 1 amide bonds. The van der Waals surface area contributed by atoms with E-state index in [-0.39, 0.29) is 5.69 Å². The van der Waals surface area contributed by atoms with Crippen LogP contribution < -0.4 is 10.2 Å². The number of benzene rings is 1. The number of para-hydroxylation sites is 2. The van der Waals surface area contributed by atoms with Crippen LogP contribution in [0.15, 0.2) is 24.3 Å². The highest BCUT2D eigenvalue weighted by atomic mass is 19.4. The number of carbonyl (C=O) groups is 1. The van der Waals surface area contributed by atoms with Gasteiger partial charge in [-0.25, -0.2) is 0 Å². The van der Waals surface area contributed by atoms with Crippen molar-refractivity contribution in [1.82, 2.24) is 0 Å². The normalized spacial score (nSPS) is 15.8. The minimum atomic E-state index is -4.86. The molecule has 0 radical (unpaired) electrons. The van der Waals surface area contributed by atoms with Crippen LogP contribution >= 0.6 is 0 Å². The van der Waals surface area contributed by atoms with Gasteiger partial charge in [0, 0.05) is 13.1 Å². The first-order valence-electron chi connectivity index (χ1n) is 5.70. The van der Waals surface area contributed by atoms with Crippen LogP contribution in [0.4, 0.5) is 24.5 Å². The molecule has 3 nitrogen and oxygen atoms in total. The summed E-state index contributed by atoms with van der Waals surface area (Å²) >= 11 is 0. The smallest absolute Gasteiger partial charge is 0.370 e. The average Bonchev–Trinajstić information content (AvgIpc) is 2.82. The highest BCUT2D eigenvalue weighted by Gasteiger charge is 2.39. The van der Waals surface area contributed by atoms with E-state index in [1.807, 2.05) is 10.2 Å². The van der Waals surface area contributed by atoms with Gasteiger partial charge >= 0.3 is 12.1 Å². The van der Waals surface area contributed by atoms with Crippen molar-refractivity contribution in [3.63, 3.8) is 0 Å². The number of halogens is 3. The number of anilines is 2. The average molecular weight is 258 g/mol. The summed E-state index contributed by atoms with van der Waals surface area (Å²) in [4.78, 5) is 12.9. The van der Waals surface area contributed by atoms with Gasteiger partial charge in [-0.3, -0.25) is 4.79 Å². The van der Waals surface area contributed by atoms with Gasteiger partial charge < -0.3 is 10.2 Å². The van der Waals surface area contributed by atoms with Gasteiger partial charge in [-0.1, -0.05) is 12.1 Å². The van der Waals surface area contributed by atoms with Crippen LogP contribution in [0.3, 0.4) is 0 Å². The summed E-state index contributed by atoms with van der Waals surface area (Å²) in [5.74, 6) is -1.94. The van der Waals surface area contributed by atoms with Gasteiger partial charge in [0.1, 0.15) is 0 Å². The first-order valence-corrected chi connectivity index (χ1v) is 5.70. The van der Waals surface area contributed by atoms with Crippen LogP contribution in [0.5, 0.6) is 0 Å². The zero-order valence-corrected chi connectivity index (χ0v) is 9.63. The number of nitrogens with one attached hydrogen (secondary N) is 1. The fourth-order valence-corrected chi connectivity index (χ4v) is 2.01. The Balaban J connectivity index is 2.20. The van der Waals surface area contributed by atoms with E-state index < -0.39 is 12.1 Å². The molecule has 0 aliphatic carbocycles. The summed E-state index contributed by atoms with van der Waals surface area (Å²) in [6.45, 7) is 1.61. The van der Waals surface area contributed by atoms with Crippen molar-refractivity contribution in [2.24, 2.45) is 0 Å². The van der Waals surface area contributed by atoms with Crippen LogP contribution in [0.25, 0.3) is 0 Å². The fraction of sp³-hybridized carbons (Fsp3) is 0.417. The molecular weight excluding hydrogens is 245 g/mol. The molecule has 1 saturated heterocycles. The number of rotatable bonds is 2. The van der Waals surface area contributed by atoms with Crippen molar-refractivity contribution in [3.05, 3.63) is 24.3 Å². The van der Waals surface area contributed by atoms with Gasteiger partial charge in [-0.2, -0.15) is 13.2 Å². The second kappa shape index (κ2) is 4.88. The predicted octanol–water partition coefficient (Wildman–Crippen LogP) is 2.79. The lowest BCUT2D eigenvalue weighted by molar-refractivity contribution is -0.167. The third-order valence-corrected chi connectivity index (χ3v) is 2.86. The molecule has 0 saturated carbocycles. The first-order chi connectivity index (χ1) is 8.48. The molecule has 0 atom stereocenters. The largest absolute Gasteiger partial charge is 0.471 e. The van der Waals surface area contributed by atoms with Crippen LogP contribution in [-0.4, -0.2) is 25.2 Å². The molecule has 1 aromatic carbocycles. The lowest BCUT2D eigenvalue weighted by atomic mass is 10.2. The molecule has 0 bridgehead atoms. The number of amides is 1. The maximum atomic E-state index is 12.2. The number of alkyl halides is 3. The fourth-order valence-electron chi connectivity index (χ4n) is 2.01. The number of carbonyl (C=O) groups excluding carboxylic acids is 1. The second-order valence-corrected chi connectivity index (χ2v) is 4.16. The van der Waals surface area contributed by atoms with E-state index in [2.05, 4.69) is 0 Å². The van der Waals surface area contributed by atoms with Gasteiger partial charge in [-0.05, 0) is 25.0 Å². The first kappa shape index (κ1) is 12.7. The molecule has 2 rings (SSSR count). The van der Waals surface area contributed by atoms with E-state index in [1.165, 1.54) is 6.07 Å². The summed E-state index contributed by atoms with van der Waals surface area (Å²) < 4.78 is 36.7. The molecule has 18 heavy (non-hydrogen) atoms. The van der Waals surface area contributed by atoms with Gasteiger partial charge in [0.15, 0.2) is 0 Å². The summed E-state index contributed by atoms with van der Waals surface area (Å²) in [6, 6.07) is 6.55. The van der Waals surface area contributed by atoms with Crippen molar-refractivity contribution in [2.75, 3.05) is 23.3 Å². The molecule has 0 unspecified atom stereocenters. The SMILES string of the molecule is O=C(Nc1ccccc1N1CCCC1)C(F)(F)F. The third-order valence-electron chi connectivity index (χ3n) is 2.86. The maximum absolute atomic E-state index is 12.2. The molecule has 6 heteroatoms. The van der Waals surface area contributed by atoms with Gasteiger partial charge in [0.2, 0.25) is 0 Å². The molecule has 1 aliphatic rings. The number of hydrogen-bond acceptors (Lipinski definition) is 2. The maximum Gasteiger partial charge on any atom is 0.471 e. The highest BCUT2D eigenvalue weighted by Crippen LogP contribution is 2.29. The van der Waals surface area contributed by atoms with E-state index in [9.17, 15) is 18.0 Å². The third kappa shape index (κ3) is 2.75. The molecule has 1 N–H and O–H groups in total. The second-order valence-electron chi connectivity index (χ2n) is 4.16. The topological polar surface area (TPSA) is 32.3 Å². The molecular formula is C12H13F3N2O. The van der Waals surface area contributed by atoms with Gasteiger partial charge in [-0.15, -0.1) is 0 Å². The molecule has 1 aromatic rings. The Morgan fingerprint density at radius 1 is 1.17 bits per heavy atom. The molecule has 1 fully saturated rings. The van der Waals surface area contributed by atoms with Crippen LogP contribution in [0, 0.1) is 0 Å². The summed E-state index contributed by atoms with van der Waals surface area (Å²) in [7, 11) is 0. The van der Waals surface area contributed by atoms with Crippen LogP contribution in [0.2, 0.25) is 0 Å².